The molecule has 11 nitrogen and oxygen atoms in total. The fourth-order valence-corrected chi connectivity index (χ4v) is 5.68. The maximum atomic E-state index is 13.9. The number of carbonyl (C=O) groups excluding carboxylic acids is 2. The van der Waals surface area contributed by atoms with Crippen molar-refractivity contribution >= 4 is 61.0 Å². The van der Waals surface area contributed by atoms with Crippen LogP contribution in [0.15, 0.2) is 45.8 Å². The van der Waals surface area contributed by atoms with Crippen molar-refractivity contribution in [3.63, 3.8) is 0 Å². The largest absolute Gasteiger partial charge is 0.477 e. The number of pyridine rings is 1. The second-order valence-corrected chi connectivity index (χ2v) is 14.9. The lowest BCUT2D eigenvalue weighted by Crippen LogP contribution is -2.41. The zero-order valence-electron chi connectivity index (χ0n) is 24.4. The van der Waals surface area contributed by atoms with Gasteiger partial charge in [-0.05, 0) is 92.7 Å². The normalized spacial score (nSPS) is 12.7. The van der Waals surface area contributed by atoms with Crippen molar-refractivity contribution in [1.82, 2.24) is 9.55 Å². The van der Waals surface area contributed by atoms with Gasteiger partial charge in [-0.3, -0.25) is 0 Å². The molecule has 0 saturated carbocycles. The number of fused-ring (bicyclic) bond motifs is 1. The van der Waals surface area contributed by atoms with Crippen molar-refractivity contribution in [2.75, 3.05) is 4.31 Å². The summed E-state index contributed by atoms with van der Waals surface area (Å²) in [6.07, 6.45) is -2.19. The number of aromatic nitrogens is 2. The number of carboxylic acid groups (broad SMARTS) is 1. The van der Waals surface area contributed by atoms with Crippen molar-refractivity contribution in [2.24, 2.45) is 0 Å². The van der Waals surface area contributed by atoms with Crippen molar-refractivity contribution in [2.45, 2.75) is 83.8 Å². The number of amides is 1. The Morgan fingerprint density at radius 1 is 0.878 bits per heavy atom. The summed E-state index contributed by atoms with van der Waals surface area (Å²) in [6, 6.07) is 8.58. The second kappa shape index (κ2) is 10.8. The molecule has 2 aromatic heterocycles. The van der Waals surface area contributed by atoms with Gasteiger partial charge in [0, 0.05) is 0 Å². The number of anilines is 1. The van der Waals surface area contributed by atoms with Gasteiger partial charge in [0.25, 0.3) is 10.0 Å². The first-order valence-electron chi connectivity index (χ1n) is 12.6. The number of carbonyl (C=O) groups is 3. The first-order valence-corrected chi connectivity index (χ1v) is 14.8. The summed E-state index contributed by atoms with van der Waals surface area (Å²) >= 11 is 3.19. The summed E-state index contributed by atoms with van der Waals surface area (Å²) in [5.41, 5.74) is -1.90. The Morgan fingerprint density at radius 2 is 1.41 bits per heavy atom. The van der Waals surface area contributed by atoms with Crippen molar-refractivity contribution in [1.29, 1.82) is 0 Å². The smallest absolute Gasteiger partial charge is 0.430 e. The number of carboxylic acids is 1. The molecule has 3 rings (SSSR count). The van der Waals surface area contributed by atoms with E-state index in [4.69, 9.17) is 9.47 Å². The SMILES string of the molecule is CC(C)(C)OC(=O)N(c1ccc2c(n1)c(Br)c(C(=O)O)n2C(=O)OC(C)(C)C)S(=O)(=O)c1ccc(C(C)(C)C)cc1. The van der Waals surface area contributed by atoms with E-state index in [9.17, 15) is 27.9 Å². The third-order valence-electron chi connectivity index (χ3n) is 5.54. The Bertz CT molecular complexity index is 1620. The average molecular weight is 653 g/mol. The predicted molar refractivity (Wildman–Crippen MR) is 157 cm³/mol. The Morgan fingerprint density at radius 3 is 1.88 bits per heavy atom. The van der Waals surface area contributed by atoms with Crippen LogP contribution in [-0.2, 0) is 24.9 Å². The molecule has 0 aliphatic rings. The van der Waals surface area contributed by atoms with Crippen molar-refractivity contribution in [3.8, 4) is 0 Å². The molecule has 13 heteroatoms. The van der Waals surface area contributed by atoms with Crippen LogP contribution in [0.3, 0.4) is 0 Å². The highest BCUT2D eigenvalue weighted by Crippen LogP contribution is 2.34. The van der Waals surface area contributed by atoms with Crippen LogP contribution in [-0.4, -0.2) is 52.4 Å². The molecule has 1 amide bonds. The summed E-state index contributed by atoms with van der Waals surface area (Å²) in [5, 5.41) is 9.88. The molecule has 41 heavy (non-hydrogen) atoms. The topological polar surface area (TPSA) is 145 Å². The highest BCUT2D eigenvalue weighted by molar-refractivity contribution is 9.10. The van der Waals surface area contributed by atoms with E-state index in [-0.39, 0.29) is 31.6 Å². The number of hydrogen-bond acceptors (Lipinski definition) is 8. The molecule has 3 aromatic rings. The van der Waals surface area contributed by atoms with Gasteiger partial charge >= 0.3 is 18.2 Å². The van der Waals surface area contributed by atoms with Gasteiger partial charge in [-0.25, -0.2) is 32.4 Å². The van der Waals surface area contributed by atoms with Crippen molar-refractivity contribution < 1.29 is 37.4 Å². The molecular weight excluding hydrogens is 618 g/mol. The van der Waals surface area contributed by atoms with Gasteiger partial charge in [-0.15, -0.1) is 0 Å². The number of rotatable bonds is 4. The molecule has 0 saturated heterocycles. The van der Waals surface area contributed by atoms with Crippen LogP contribution in [0.5, 0.6) is 0 Å². The highest BCUT2D eigenvalue weighted by atomic mass is 79.9. The minimum absolute atomic E-state index is 0.0170. The van der Waals surface area contributed by atoms with Gasteiger partial charge in [0.2, 0.25) is 0 Å². The third-order valence-corrected chi connectivity index (χ3v) is 7.98. The molecule has 222 valence electrons. The summed E-state index contributed by atoms with van der Waals surface area (Å²) < 4.78 is 39.7. The summed E-state index contributed by atoms with van der Waals surface area (Å²) in [5.74, 6) is -1.83. The predicted octanol–water partition coefficient (Wildman–Crippen LogP) is 6.71. The second-order valence-electron chi connectivity index (χ2n) is 12.3. The van der Waals surface area contributed by atoms with E-state index in [1.807, 2.05) is 20.8 Å². The van der Waals surface area contributed by atoms with Gasteiger partial charge in [0.15, 0.2) is 11.5 Å². The van der Waals surface area contributed by atoms with Crippen LogP contribution < -0.4 is 4.31 Å². The van der Waals surface area contributed by atoms with Crippen LogP contribution in [0.1, 0.15) is 78.4 Å². The minimum atomic E-state index is -4.56. The Hall–Kier alpha value is -3.45. The fourth-order valence-electron chi connectivity index (χ4n) is 3.76. The number of nitrogens with zero attached hydrogens (tertiary/aromatic N) is 3. The summed E-state index contributed by atoms with van der Waals surface area (Å²) in [4.78, 5) is 42.6. The van der Waals surface area contributed by atoms with E-state index >= 15 is 0 Å². The minimum Gasteiger partial charge on any atom is -0.477 e. The van der Waals surface area contributed by atoms with Gasteiger partial charge in [0.05, 0.1) is 14.9 Å². The number of sulfonamides is 1. The summed E-state index contributed by atoms with van der Waals surface area (Å²) in [6.45, 7) is 15.6. The van der Waals surface area contributed by atoms with E-state index < -0.39 is 45.1 Å². The van der Waals surface area contributed by atoms with Crippen LogP contribution in [0.25, 0.3) is 11.0 Å². The maximum absolute atomic E-state index is 13.9. The van der Waals surface area contributed by atoms with E-state index in [0.717, 1.165) is 10.1 Å². The molecule has 1 N–H and O–H groups in total. The zero-order valence-corrected chi connectivity index (χ0v) is 26.8. The van der Waals surface area contributed by atoms with Crippen LogP contribution in [0.4, 0.5) is 15.4 Å². The lowest BCUT2D eigenvalue weighted by molar-refractivity contribution is 0.0512. The number of ether oxygens (including phenoxy) is 2. The van der Waals surface area contributed by atoms with Crippen molar-refractivity contribution in [3.05, 3.63) is 52.1 Å². The molecule has 0 fully saturated rings. The van der Waals surface area contributed by atoms with E-state index in [0.29, 0.717) is 4.31 Å². The van der Waals surface area contributed by atoms with Gasteiger partial charge in [0.1, 0.15) is 16.7 Å². The van der Waals surface area contributed by atoms with E-state index in [2.05, 4.69) is 20.9 Å². The molecule has 0 atom stereocenters. The monoisotopic (exact) mass is 651 g/mol. The van der Waals surface area contributed by atoms with Gasteiger partial charge in [-0.2, -0.15) is 4.31 Å². The highest BCUT2D eigenvalue weighted by Gasteiger charge is 2.37. The van der Waals surface area contributed by atoms with Crippen LogP contribution >= 0.6 is 15.9 Å². The molecule has 2 heterocycles. The van der Waals surface area contributed by atoms with Crippen LogP contribution in [0, 0.1) is 0 Å². The van der Waals surface area contributed by atoms with Gasteiger partial charge in [-0.1, -0.05) is 32.9 Å². The maximum Gasteiger partial charge on any atom is 0.430 e. The molecule has 0 radical (unpaired) electrons. The molecular formula is C28H34BrN3O8S. The lowest BCUT2D eigenvalue weighted by atomic mass is 9.87. The van der Waals surface area contributed by atoms with Gasteiger partial charge < -0.3 is 14.6 Å². The number of benzene rings is 1. The molecule has 0 aliphatic carbocycles. The lowest BCUT2D eigenvalue weighted by Gasteiger charge is -2.27. The third kappa shape index (κ3) is 6.89. The number of aromatic carboxylic acids is 1. The first-order chi connectivity index (χ1) is 18.5. The van der Waals surface area contributed by atoms with E-state index in [1.54, 1.807) is 53.7 Å². The Kier molecular flexibility index (Phi) is 8.41. The quantitative estimate of drug-likeness (QED) is 0.325. The number of hydrogen-bond donors (Lipinski definition) is 1. The Labute approximate surface area is 247 Å². The molecule has 0 aliphatic heterocycles. The molecule has 0 unspecified atom stereocenters. The Balaban J connectivity index is 2.27. The average Bonchev–Trinajstić information content (AvgIpc) is 3.08. The molecule has 0 bridgehead atoms. The fraction of sp³-hybridized carbons (Fsp3) is 0.429. The molecule has 0 spiro atoms. The molecule has 1 aromatic carbocycles. The van der Waals surface area contributed by atoms with Crippen LogP contribution in [0.2, 0.25) is 0 Å². The summed E-state index contributed by atoms with van der Waals surface area (Å²) in [7, 11) is -4.56. The first kappa shape index (κ1) is 32.1. The number of halogens is 1. The standard InChI is InChI=1S/C28H34BrN3O8S/c1-26(2,3)16-10-12-17(13-11-16)41(37,38)32(25(36)40-28(7,8)9)19-15-14-18-21(30-19)20(29)22(23(33)34)31(18)24(35)39-27(4,5)6/h10-15H,1-9H3,(H,33,34). The zero-order chi connectivity index (χ0) is 31.3. The van der Waals surface area contributed by atoms with E-state index in [1.165, 1.54) is 24.3 Å².